The van der Waals surface area contributed by atoms with Gasteiger partial charge in [0.05, 0.1) is 0 Å². The van der Waals surface area contributed by atoms with Crippen LogP contribution in [0.15, 0.2) is 24.3 Å². The smallest absolute Gasteiger partial charge is 0.123 e. The van der Waals surface area contributed by atoms with Gasteiger partial charge >= 0.3 is 0 Å². The lowest BCUT2D eigenvalue weighted by atomic mass is 10.1. The molecule has 0 radical (unpaired) electrons. The van der Waals surface area contributed by atoms with E-state index in [0.717, 1.165) is 57.4 Å². The van der Waals surface area contributed by atoms with Crippen LogP contribution in [0.5, 0.6) is 0 Å². The van der Waals surface area contributed by atoms with Gasteiger partial charge < -0.3 is 5.32 Å². The summed E-state index contributed by atoms with van der Waals surface area (Å²) in [6, 6.07) is 7.69. The molecule has 2 aliphatic heterocycles. The number of hydrogen-bond donors (Lipinski definition) is 1. The Bertz CT molecular complexity index is 415. The molecule has 0 spiro atoms. The SMILES string of the molecule is Cl.Fc1cccc(CN2CCN(C3CCNC3)CC2)c1. The van der Waals surface area contributed by atoms with E-state index in [1.165, 1.54) is 12.5 Å². The minimum Gasteiger partial charge on any atom is -0.315 e. The Kier molecular flexibility index (Phi) is 5.78. The molecule has 1 aromatic carbocycles. The maximum atomic E-state index is 13.2. The van der Waals surface area contributed by atoms with Crippen LogP contribution in [-0.2, 0) is 6.54 Å². The van der Waals surface area contributed by atoms with Gasteiger partial charge in [-0.1, -0.05) is 12.1 Å². The zero-order valence-electron chi connectivity index (χ0n) is 11.7. The van der Waals surface area contributed by atoms with Crippen molar-refractivity contribution in [3.05, 3.63) is 35.6 Å². The third-order valence-corrected chi connectivity index (χ3v) is 4.25. The second-order valence-corrected chi connectivity index (χ2v) is 5.59. The Morgan fingerprint density at radius 1 is 1.20 bits per heavy atom. The van der Waals surface area contributed by atoms with E-state index in [1.54, 1.807) is 12.1 Å². The molecule has 3 nitrogen and oxygen atoms in total. The van der Waals surface area contributed by atoms with Crippen LogP contribution >= 0.6 is 12.4 Å². The average molecular weight is 300 g/mol. The molecule has 0 amide bonds. The molecular formula is C15H23ClFN3. The van der Waals surface area contributed by atoms with Crippen molar-refractivity contribution >= 4 is 12.4 Å². The van der Waals surface area contributed by atoms with Crippen molar-refractivity contribution in [2.45, 2.75) is 19.0 Å². The van der Waals surface area contributed by atoms with E-state index in [9.17, 15) is 4.39 Å². The second kappa shape index (κ2) is 7.36. The van der Waals surface area contributed by atoms with Crippen molar-refractivity contribution in [2.75, 3.05) is 39.3 Å². The van der Waals surface area contributed by atoms with Crippen LogP contribution in [0.1, 0.15) is 12.0 Å². The van der Waals surface area contributed by atoms with Crippen molar-refractivity contribution in [2.24, 2.45) is 0 Å². The predicted octanol–water partition coefficient (Wildman–Crippen LogP) is 1.73. The summed E-state index contributed by atoms with van der Waals surface area (Å²) in [5, 5.41) is 3.43. The van der Waals surface area contributed by atoms with Gasteiger partial charge in [-0.2, -0.15) is 0 Å². The van der Waals surface area contributed by atoms with Gasteiger partial charge in [-0.25, -0.2) is 4.39 Å². The van der Waals surface area contributed by atoms with Crippen molar-refractivity contribution in [3.63, 3.8) is 0 Å². The lowest BCUT2D eigenvalue weighted by Gasteiger charge is -2.37. The molecule has 0 aromatic heterocycles. The number of halogens is 2. The fraction of sp³-hybridized carbons (Fsp3) is 0.600. The third kappa shape index (κ3) is 3.92. The average Bonchev–Trinajstić information content (AvgIpc) is 2.94. The molecule has 2 heterocycles. The highest BCUT2D eigenvalue weighted by Gasteiger charge is 2.25. The highest BCUT2D eigenvalue weighted by molar-refractivity contribution is 5.85. The lowest BCUT2D eigenvalue weighted by molar-refractivity contribution is 0.0981. The van der Waals surface area contributed by atoms with E-state index in [2.05, 4.69) is 15.1 Å². The van der Waals surface area contributed by atoms with Crippen LogP contribution in [0.4, 0.5) is 4.39 Å². The molecule has 1 aromatic rings. The second-order valence-electron chi connectivity index (χ2n) is 5.59. The van der Waals surface area contributed by atoms with E-state index >= 15 is 0 Å². The van der Waals surface area contributed by atoms with E-state index in [0.29, 0.717) is 0 Å². The minimum atomic E-state index is -0.131. The molecule has 2 aliphatic rings. The summed E-state index contributed by atoms with van der Waals surface area (Å²) < 4.78 is 13.2. The normalized spacial score (nSPS) is 24.6. The lowest BCUT2D eigenvalue weighted by Crippen LogP contribution is -2.50. The minimum absolute atomic E-state index is 0. The monoisotopic (exact) mass is 299 g/mol. The van der Waals surface area contributed by atoms with E-state index in [-0.39, 0.29) is 18.2 Å². The molecule has 0 aliphatic carbocycles. The molecule has 1 N–H and O–H groups in total. The maximum absolute atomic E-state index is 13.2. The van der Waals surface area contributed by atoms with Gasteiger partial charge in [0.1, 0.15) is 5.82 Å². The summed E-state index contributed by atoms with van der Waals surface area (Å²) in [6.45, 7) is 7.63. The predicted molar refractivity (Wildman–Crippen MR) is 81.8 cm³/mol. The summed E-state index contributed by atoms with van der Waals surface area (Å²) in [5.41, 5.74) is 1.08. The Balaban J connectivity index is 0.00000147. The Hall–Kier alpha value is -0.680. The number of rotatable bonds is 3. The van der Waals surface area contributed by atoms with Crippen LogP contribution in [0, 0.1) is 5.82 Å². The summed E-state index contributed by atoms with van der Waals surface area (Å²) in [4.78, 5) is 5.02. The number of hydrogen-bond acceptors (Lipinski definition) is 3. The molecule has 2 fully saturated rings. The summed E-state index contributed by atoms with van der Waals surface area (Å²) in [7, 11) is 0. The van der Waals surface area contributed by atoms with Crippen molar-refractivity contribution in [1.82, 2.24) is 15.1 Å². The Morgan fingerprint density at radius 2 is 2.00 bits per heavy atom. The van der Waals surface area contributed by atoms with Crippen molar-refractivity contribution < 1.29 is 4.39 Å². The van der Waals surface area contributed by atoms with Gasteiger partial charge in [-0.3, -0.25) is 9.80 Å². The number of nitrogens with one attached hydrogen (secondary N) is 1. The number of nitrogens with zero attached hydrogens (tertiary/aromatic N) is 2. The standard InChI is InChI=1S/C15H22FN3.ClH/c16-14-3-1-2-13(10-14)12-18-6-8-19(9-7-18)15-4-5-17-11-15;/h1-3,10,15,17H,4-9,11-12H2;1H. The molecule has 1 atom stereocenters. The molecule has 2 saturated heterocycles. The quantitative estimate of drug-likeness (QED) is 0.917. The fourth-order valence-corrected chi connectivity index (χ4v) is 3.13. The van der Waals surface area contributed by atoms with E-state index < -0.39 is 0 Å². The first kappa shape index (κ1) is 15.7. The Labute approximate surface area is 126 Å². The molecule has 1 unspecified atom stereocenters. The summed E-state index contributed by atoms with van der Waals surface area (Å²) in [5.74, 6) is -0.131. The van der Waals surface area contributed by atoms with E-state index in [4.69, 9.17) is 0 Å². The third-order valence-electron chi connectivity index (χ3n) is 4.25. The number of benzene rings is 1. The highest BCUT2D eigenvalue weighted by Crippen LogP contribution is 2.14. The van der Waals surface area contributed by atoms with Crippen molar-refractivity contribution in [1.29, 1.82) is 0 Å². The van der Waals surface area contributed by atoms with Gasteiger partial charge in [-0.15, -0.1) is 12.4 Å². The largest absolute Gasteiger partial charge is 0.315 e. The molecule has 112 valence electrons. The Morgan fingerprint density at radius 3 is 2.65 bits per heavy atom. The molecule has 0 bridgehead atoms. The van der Waals surface area contributed by atoms with Crippen LogP contribution in [0.3, 0.4) is 0 Å². The molecule has 5 heteroatoms. The van der Waals surface area contributed by atoms with E-state index in [1.807, 2.05) is 6.07 Å². The van der Waals surface area contributed by atoms with Crippen LogP contribution in [0.2, 0.25) is 0 Å². The molecule has 20 heavy (non-hydrogen) atoms. The highest BCUT2D eigenvalue weighted by atomic mass is 35.5. The molecular weight excluding hydrogens is 277 g/mol. The van der Waals surface area contributed by atoms with Gasteiger partial charge in [0, 0.05) is 45.3 Å². The summed E-state index contributed by atoms with van der Waals surface area (Å²) >= 11 is 0. The van der Waals surface area contributed by atoms with Gasteiger partial charge in [0.15, 0.2) is 0 Å². The van der Waals surface area contributed by atoms with Crippen LogP contribution in [-0.4, -0.2) is 55.1 Å². The van der Waals surface area contributed by atoms with Gasteiger partial charge in [0.25, 0.3) is 0 Å². The zero-order chi connectivity index (χ0) is 13.1. The van der Waals surface area contributed by atoms with Crippen LogP contribution in [0.25, 0.3) is 0 Å². The topological polar surface area (TPSA) is 18.5 Å². The first-order valence-electron chi connectivity index (χ1n) is 7.23. The van der Waals surface area contributed by atoms with Gasteiger partial charge in [0.2, 0.25) is 0 Å². The first-order valence-corrected chi connectivity index (χ1v) is 7.23. The first-order chi connectivity index (χ1) is 9.31. The molecule has 0 saturated carbocycles. The van der Waals surface area contributed by atoms with Gasteiger partial charge in [-0.05, 0) is 30.7 Å². The number of piperazine rings is 1. The van der Waals surface area contributed by atoms with Crippen molar-refractivity contribution in [3.8, 4) is 0 Å². The summed E-state index contributed by atoms with van der Waals surface area (Å²) in [6.07, 6.45) is 1.28. The molecule has 3 rings (SSSR count). The zero-order valence-corrected chi connectivity index (χ0v) is 12.5. The fourth-order valence-electron chi connectivity index (χ4n) is 3.13. The maximum Gasteiger partial charge on any atom is 0.123 e. The van der Waals surface area contributed by atoms with Crippen LogP contribution < -0.4 is 5.32 Å².